The minimum atomic E-state index is 0.110. The number of carbonyl (C=O) groups excluding carboxylic acids is 1. The Morgan fingerprint density at radius 1 is 1.39 bits per heavy atom. The molecule has 0 bridgehead atoms. The van der Waals surface area contributed by atoms with Gasteiger partial charge in [0.1, 0.15) is 5.82 Å². The number of rotatable bonds is 1. The van der Waals surface area contributed by atoms with Crippen LogP contribution in [0.25, 0.3) is 11.1 Å². The summed E-state index contributed by atoms with van der Waals surface area (Å²) in [6, 6.07) is 4.09. The number of aromatic nitrogens is 2. The maximum atomic E-state index is 11.8. The molecule has 1 amide bonds. The number of aryl methyl sites for hydroxylation is 1. The van der Waals surface area contributed by atoms with Crippen LogP contribution in [0.4, 0.5) is 11.5 Å². The van der Waals surface area contributed by atoms with Crippen molar-refractivity contribution in [2.24, 2.45) is 0 Å². The molecule has 18 heavy (non-hydrogen) atoms. The molecular weight excluding hydrogens is 228 g/mol. The monoisotopic (exact) mass is 242 g/mol. The summed E-state index contributed by atoms with van der Waals surface area (Å²) < 4.78 is 0. The van der Waals surface area contributed by atoms with Crippen molar-refractivity contribution in [1.82, 2.24) is 10.2 Å². The lowest BCUT2D eigenvalue weighted by Gasteiger charge is -2.15. The maximum absolute atomic E-state index is 11.8. The van der Waals surface area contributed by atoms with Gasteiger partial charge in [0.05, 0.1) is 18.3 Å². The van der Waals surface area contributed by atoms with Gasteiger partial charge in [-0.15, -0.1) is 0 Å². The van der Waals surface area contributed by atoms with E-state index in [1.807, 2.05) is 13.0 Å². The second-order valence-corrected chi connectivity index (χ2v) is 4.65. The van der Waals surface area contributed by atoms with Crippen molar-refractivity contribution < 1.29 is 4.79 Å². The fraction of sp³-hybridized carbons (Fsp3) is 0.231. The number of fused-ring (bicyclic) bond motifs is 1. The fourth-order valence-corrected chi connectivity index (χ4v) is 2.51. The largest absolute Gasteiger partial charge is 0.384 e. The van der Waals surface area contributed by atoms with Crippen LogP contribution in [0.2, 0.25) is 0 Å². The second-order valence-electron chi connectivity index (χ2n) is 4.65. The number of carbonyl (C=O) groups is 1. The molecule has 0 radical (unpaired) electrons. The van der Waals surface area contributed by atoms with Crippen LogP contribution >= 0.6 is 0 Å². The molecule has 3 rings (SSSR count). The second kappa shape index (κ2) is 3.60. The molecule has 92 valence electrons. The van der Waals surface area contributed by atoms with Gasteiger partial charge in [-0.1, -0.05) is 11.6 Å². The third-order valence-corrected chi connectivity index (χ3v) is 3.34. The first-order valence-electron chi connectivity index (χ1n) is 5.77. The van der Waals surface area contributed by atoms with Crippen molar-refractivity contribution in [3.8, 4) is 11.1 Å². The van der Waals surface area contributed by atoms with E-state index in [0.29, 0.717) is 12.2 Å². The number of nitrogen functional groups attached to an aromatic ring is 1. The molecule has 5 nitrogen and oxygen atoms in total. The Bertz CT molecular complexity index is 644. The molecule has 1 aliphatic rings. The van der Waals surface area contributed by atoms with Crippen LogP contribution < -0.4 is 10.6 Å². The third kappa shape index (κ3) is 1.40. The molecule has 1 aromatic heterocycles. The summed E-state index contributed by atoms with van der Waals surface area (Å²) in [5.74, 6) is 0.634. The highest BCUT2D eigenvalue weighted by molar-refractivity contribution is 6.06. The van der Waals surface area contributed by atoms with Gasteiger partial charge in [-0.25, -0.2) is 0 Å². The number of nitrogens with zero attached hydrogens (tertiary/aromatic N) is 2. The minimum absolute atomic E-state index is 0.110. The van der Waals surface area contributed by atoms with Crippen LogP contribution in [-0.4, -0.2) is 23.2 Å². The van der Waals surface area contributed by atoms with E-state index in [1.54, 1.807) is 18.1 Å². The molecule has 0 aliphatic carbocycles. The van der Waals surface area contributed by atoms with Crippen LogP contribution in [0.3, 0.4) is 0 Å². The number of likely N-dealkylation sites (N-methyl/N-ethyl adjacent to an activating group) is 1. The van der Waals surface area contributed by atoms with Crippen molar-refractivity contribution in [1.29, 1.82) is 0 Å². The molecule has 2 heterocycles. The highest BCUT2D eigenvalue weighted by Gasteiger charge is 2.28. The summed E-state index contributed by atoms with van der Waals surface area (Å²) in [6.07, 6.45) is 2.15. The average molecular weight is 242 g/mol. The number of H-pyrrole nitrogens is 1. The smallest absolute Gasteiger partial charge is 0.231 e. The summed E-state index contributed by atoms with van der Waals surface area (Å²) >= 11 is 0. The van der Waals surface area contributed by atoms with Gasteiger partial charge in [0.25, 0.3) is 0 Å². The zero-order valence-electron chi connectivity index (χ0n) is 10.3. The van der Waals surface area contributed by atoms with Crippen molar-refractivity contribution in [2.75, 3.05) is 17.7 Å². The molecule has 5 heteroatoms. The highest BCUT2D eigenvalue weighted by atomic mass is 16.2. The first-order chi connectivity index (χ1) is 8.58. The number of aromatic amines is 1. The van der Waals surface area contributed by atoms with Crippen molar-refractivity contribution in [3.63, 3.8) is 0 Å². The molecule has 3 N–H and O–H groups in total. The Labute approximate surface area is 105 Å². The predicted molar refractivity (Wildman–Crippen MR) is 70.3 cm³/mol. The third-order valence-electron chi connectivity index (χ3n) is 3.34. The number of nitrogens with one attached hydrogen (secondary N) is 1. The predicted octanol–water partition coefficient (Wildman–Crippen LogP) is 1.49. The normalized spacial score (nSPS) is 14.1. The van der Waals surface area contributed by atoms with Crippen molar-refractivity contribution in [2.45, 2.75) is 13.3 Å². The summed E-state index contributed by atoms with van der Waals surface area (Å²) in [5, 5.41) is 6.67. The van der Waals surface area contributed by atoms with Crippen LogP contribution in [0, 0.1) is 6.92 Å². The lowest BCUT2D eigenvalue weighted by molar-refractivity contribution is -0.117. The molecule has 1 aliphatic heterocycles. The van der Waals surface area contributed by atoms with Crippen LogP contribution in [-0.2, 0) is 11.2 Å². The Hall–Kier alpha value is -2.30. The molecule has 0 atom stereocenters. The van der Waals surface area contributed by atoms with Gasteiger partial charge in [0.2, 0.25) is 5.91 Å². The molecule has 1 aromatic carbocycles. The number of hydrogen-bond donors (Lipinski definition) is 2. The highest BCUT2D eigenvalue weighted by Crippen LogP contribution is 2.40. The number of nitrogens with two attached hydrogens (primary N) is 1. The molecule has 0 fully saturated rings. The zero-order chi connectivity index (χ0) is 12.9. The zero-order valence-corrected chi connectivity index (χ0v) is 10.3. The molecule has 0 unspecified atom stereocenters. The summed E-state index contributed by atoms with van der Waals surface area (Å²) in [4.78, 5) is 13.5. The van der Waals surface area contributed by atoms with E-state index >= 15 is 0 Å². The van der Waals surface area contributed by atoms with E-state index in [1.165, 1.54) is 0 Å². The van der Waals surface area contributed by atoms with E-state index < -0.39 is 0 Å². The van der Waals surface area contributed by atoms with E-state index in [9.17, 15) is 4.79 Å². The van der Waals surface area contributed by atoms with Gasteiger partial charge in [-0.3, -0.25) is 9.89 Å². The van der Waals surface area contributed by atoms with E-state index in [-0.39, 0.29) is 5.91 Å². The van der Waals surface area contributed by atoms with Gasteiger partial charge in [0.15, 0.2) is 0 Å². The Balaban J connectivity index is 2.29. The fourth-order valence-electron chi connectivity index (χ4n) is 2.51. The quantitative estimate of drug-likeness (QED) is 0.795. The number of hydrogen-bond acceptors (Lipinski definition) is 3. The summed E-state index contributed by atoms with van der Waals surface area (Å²) in [7, 11) is 1.79. The Morgan fingerprint density at radius 2 is 2.17 bits per heavy atom. The summed E-state index contributed by atoms with van der Waals surface area (Å²) in [6.45, 7) is 2.02. The molecular formula is C13H14N4O. The molecule has 0 saturated carbocycles. The summed E-state index contributed by atoms with van der Waals surface area (Å²) in [5.41, 5.74) is 10.8. The Kier molecular flexibility index (Phi) is 2.16. The number of amides is 1. The number of benzene rings is 1. The maximum Gasteiger partial charge on any atom is 0.231 e. The standard InChI is InChI=1S/C13H14N4O/c1-7-3-8-5-11(18)17(2)12(8)9(4-7)10-6-15-16-13(10)14/h3-4,6H,5H2,1-2H3,(H3,14,15,16). The SMILES string of the molecule is Cc1cc2c(c(-c3cn[nH]c3N)c1)N(C)C(=O)C2. The lowest BCUT2D eigenvalue weighted by Crippen LogP contribution is -2.21. The van der Waals surface area contributed by atoms with Gasteiger partial charge >= 0.3 is 0 Å². The lowest BCUT2D eigenvalue weighted by atomic mass is 9.99. The first kappa shape index (κ1) is 10.8. The first-order valence-corrected chi connectivity index (χ1v) is 5.77. The van der Waals surface area contributed by atoms with Gasteiger partial charge in [0, 0.05) is 18.2 Å². The molecule has 0 spiro atoms. The molecule has 2 aromatic rings. The van der Waals surface area contributed by atoms with E-state index in [4.69, 9.17) is 5.73 Å². The Morgan fingerprint density at radius 3 is 2.83 bits per heavy atom. The average Bonchev–Trinajstić information content (AvgIpc) is 2.84. The molecule has 0 saturated heterocycles. The number of anilines is 2. The van der Waals surface area contributed by atoms with Gasteiger partial charge in [-0.05, 0) is 18.6 Å². The van der Waals surface area contributed by atoms with Gasteiger partial charge in [-0.2, -0.15) is 5.10 Å². The van der Waals surface area contributed by atoms with E-state index in [0.717, 1.165) is 27.9 Å². The van der Waals surface area contributed by atoms with Crippen LogP contribution in [0.5, 0.6) is 0 Å². The van der Waals surface area contributed by atoms with E-state index in [2.05, 4.69) is 16.3 Å². The van der Waals surface area contributed by atoms with Crippen molar-refractivity contribution >= 4 is 17.4 Å². The van der Waals surface area contributed by atoms with Crippen LogP contribution in [0.15, 0.2) is 18.3 Å². The van der Waals surface area contributed by atoms with Crippen LogP contribution in [0.1, 0.15) is 11.1 Å². The van der Waals surface area contributed by atoms with Crippen molar-refractivity contribution in [3.05, 3.63) is 29.5 Å². The minimum Gasteiger partial charge on any atom is -0.384 e. The topological polar surface area (TPSA) is 75.0 Å². The van der Waals surface area contributed by atoms with Gasteiger partial charge < -0.3 is 10.6 Å².